The fourth-order valence-electron chi connectivity index (χ4n) is 3.31. The number of carbonyl (C=O) groups is 2. The number of piperidine rings is 1. The van der Waals surface area contributed by atoms with Gasteiger partial charge in [0.05, 0.1) is 12.5 Å². The molecule has 0 aromatic heterocycles. The molecule has 0 bridgehead atoms. The van der Waals surface area contributed by atoms with Crippen LogP contribution in [0, 0.1) is 0 Å². The van der Waals surface area contributed by atoms with Crippen molar-refractivity contribution in [2.75, 3.05) is 13.1 Å². The zero-order chi connectivity index (χ0) is 20.5. The number of likely N-dealkylation sites (tertiary alicyclic amines) is 1. The van der Waals surface area contributed by atoms with E-state index in [4.69, 9.17) is 19.2 Å². The second-order valence-corrected chi connectivity index (χ2v) is 8.04. The summed E-state index contributed by atoms with van der Waals surface area (Å²) in [5, 5.41) is 19.4. The summed E-state index contributed by atoms with van der Waals surface area (Å²) in [6.07, 6.45) is -0.00606. The highest BCUT2D eigenvalue weighted by molar-refractivity contribution is 6.50. The average molecular weight is 390 g/mol. The predicted octanol–water partition coefficient (Wildman–Crippen LogP) is 1.96. The number of carbonyl (C=O) groups excluding carboxylic acids is 1. The van der Waals surface area contributed by atoms with E-state index in [-0.39, 0.29) is 24.4 Å². The standard InChI is InChI=1S/C19H25BNO7/c1-19(2,3)27-18(25)21-8-6-11(7-9-21)26-13-5-4-12-14(10-15(22)23)28-20-16(12)17(13)24/h4-5,11,14,24H,6-10H2,1-3H3,(H,22,23). The summed E-state index contributed by atoms with van der Waals surface area (Å²) in [6.45, 7) is 6.53. The highest BCUT2D eigenvalue weighted by atomic mass is 16.6. The van der Waals surface area contributed by atoms with Gasteiger partial charge in [-0.3, -0.25) is 4.79 Å². The average Bonchev–Trinajstić information content (AvgIpc) is 2.99. The van der Waals surface area contributed by atoms with Crippen LogP contribution < -0.4 is 10.2 Å². The number of nitrogens with zero attached hydrogens (tertiary/aromatic N) is 1. The van der Waals surface area contributed by atoms with Crippen molar-refractivity contribution in [2.45, 2.75) is 57.8 Å². The molecule has 8 nitrogen and oxygen atoms in total. The van der Waals surface area contributed by atoms with Gasteiger partial charge in [-0.25, -0.2) is 4.79 Å². The number of carboxylic acids is 1. The van der Waals surface area contributed by atoms with E-state index in [1.165, 1.54) is 7.48 Å². The Hall–Kier alpha value is -2.42. The lowest BCUT2D eigenvalue weighted by molar-refractivity contribution is -0.138. The number of fused-ring (bicyclic) bond motifs is 1. The molecule has 1 radical (unpaired) electrons. The number of rotatable bonds is 4. The van der Waals surface area contributed by atoms with Crippen LogP contribution in [0.3, 0.4) is 0 Å². The number of ether oxygens (including phenoxy) is 2. The van der Waals surface area contributed by atoms with Crippen LogP contribution in [0.2, 0.25) is 0 Å². The van der Waals surface area contributed by atoms with Gasteiger partial charge in [0, 0.05) is 25.9 Å². The first-order valence-electron chi connectivity index (χ1n) is 9.35. The summed E-state index contributed by atoms with van der Waals surface area (Å²) in [5.41, 5.74) is 0.555. The molecule has 0 aliphatic carbocycles. The van der Waals surface area contributed by atoms with Gasteiger partial charge in [0.2, 0.25) is 0 Å². The van der Waals surface area contributed by atoms with Gasteiger partial charge in [0.25, 0.3) is 0 Å². The van der Waals surface area contributed by atoms with E-state index in [9.17, 15) is 14.7 Å². The first-order chi connectivity index (χ1) is 13.1. The van der Waals surface area contributed by atoms with E-state index in [1.807, 2.05) is 20.8 Å². The topological polar surface area (TPSA) is 106 Å². The van der Waals surface area contributed by atoms with Gasteiger partial charge in [0.1, 0.15) is 11.7 Å². The van der Waals surface area contributed by atoms with Crippen molar-refractivity contribution in [3.05, 3.63) is 17.7 Å². The van der Waals surface area contributed by atoms with Gasteiger partial charge in [0.15, 0.2) is 11.5 Å². The molecule has 2 aliphatic rings. The van der Waals surface area contributed by atoms with Gasteiger partial charge >= 0.3 is 19.5 Å². The Bertz CT molecular complexity index is 753. The molecule has 2 N–H and O–H groups in total. The Labute approximate surface area is 164 Å². The molecular formula is C19H25BNO7. The summed E-state index contributed by atoms with van der Waals surface area (Å²) < 4.78 is 16.7. The molecule has 28 heavy (non-hydrogen) atoms. The molecule has 0 saturated carbocycles. The predicted molar refractivity (Wildman–Crippen MR) is 101 cm³/mol. The van der Waals surface area contributed by atoms with Crippen molar-refractivity contribution >= 4 is 25.0 Å². The number of phenols is 1. The van der Waals surface area contributed by atoms with Crippen LogP contribution in [0.15, 0.2) is 12.1 Å². The maximum Gasteiger partial charge on any atom is 0.410 e. The number of aromatic hydroxyl groups is 1. The Morgan fingerprint density at radius 3 is 2.57 bits per heavy atom. The molecule has 0 spiro atoms. The summed E-state index contributed by atoms with van der Waals surface area (Å²) in [6, 6.07) is 3.35. The van der Waals surface area contributed by atoms with E-state index in [1.54, 1.807) is 17.0 Å². The minimum Gasteiger partial charge on any atom is -0.505 e. The van der Waals surface area contributed by atoms with Gasteiger partial charge in [-0.15, -0.1) is 0 Å². The lowest BCUT2D eigenvalue weighted by Crippen LogP contribution is -2.44. The minimum atomic E-state index is -0.970. The zero-order valence-electron chi connectivity index (χ0n) is 16.3. The summed E-state index contributed by atoms with van der Waals surface area (Å²) >= 11 is 0. The van der Waals surface area contributed by atoms with Crippen LogP contribution in [0.5, 0.6) is 11.5 Å². The number of amides is 1. The van der Waals surface area contributed by atoms with Crippen LogP contribution in [0.4, 0.5) is 4.79 Å². The number of hydrogen-bond donors (Lipinski definition) is 2. The lowest BCUT2D eigenvalue weighted by Gasteiger charge is -2.33. The summed E-state index contributed by atoms with van der Waals surface area (Å²) in [4.78, 5) is 24.7. The SMILES string of the molecule is CC(C)(C)OC(=O)N1CCC(Oc2ccc3c(c2O)[B]OC3CC(=O)O)CC1. The summed E-state index contributed by atoms with van der Waals surface area (Å²) in [7, 11) is 1.37. The third kappa shape index (κ3) is 4.70. The Morgan fingerprint density at radius 2 is 1.96 bits per heavy atom. The first kappa shape index (κ1) is 20.3. The quantitative estimate of drug-likeness (QED) is 0.758. The third-order valence-electron chi connectivity index (χ3n) is 4.66. The maximum absolute atomic E-state index is 12.1. The van der Waals surface area contributed by atoms with Gasteiger partial charge in [-0.1, -0.05) is 6.07 Å². The van der Waals surface area contributed by atoms with Crippen molar-refractivity contribution in [1.29, 1.82) is 0 Å². The molecule has 2 heterocycles. The molecule has 1 unspecified atom stereocenters. The maximum atomic E-state index is 12.1. The third-order valence-corrected chi connectivity index (χ3v) is 4.66. The van der Waals surface area contributed by atoms with Crippen LogP contribution in [0.1, 0.15) is 51.7 Å². The molecule has 1 fully saturated rings. The fraction of sp³-hybridized carbons (Fsp3) is 0.579. The van der Waals surface area contributed by atoms with E-state index in [0.29, 0.717) is 42.7 Å². The highest BCUT2D eigenvalue weighted by Gasteiger charge is 2.32. The molecule has 1 aromatic rings. The molecular weight excluding hydrogens is 365 g/mol. The van der Waals surface area contributed by atoms with E-state index in [2.05, 4.69) is 0 Å². The largest absolute Gasteiger partial charge is 0.505 e. The van der Waals surface area contributed by atoms with Crippen molar-refractivity contribution in [2.24, 2.45) is 0 Å². The monoisotopic (exact) mass is 390 g/mol. The molecule has 1 saturated heterocycles. The first-order valence-corrected chi connectivity index (χ1v) is 9.35. The number of benzene rings is 1. The van der Waals surface area contributed by atoms with Crippen LogP contribution in [-0.4, -0.2) is 59.5 Å². The van der Waals surface area contributed by atoms with E-state index >= 15 is 0 Å². The van der Waals surface area contributed by atoms with Crippen LogP contribution >= 0.6 is 0 Å². The zero-order valence-corrected chi connectivity index (χ0v) is 16.3. The van der Waals surface area contributed by atoms with Crippen LogP contribution in [-0.2, 0) is 14.2 Å². The molecule has 9 heteroatoms. The van der Waals surface area contributed by atoms with E-state index in [0.717, 1.165) is 0 Å². The Morgan fingerprint density at radius 1 is 1.29 bits per heavy atom. The number of phenolic OH excluding ortho intramolecular Hbond substituents is 1. The molecule has 1 aromatic carbocycles. The Balaban J connectivity index is 1.59. The number of hydrogen-bond acceptors (Lipinski definition) is 6. The van der Waals surface area contributed by atoms with Gasteiger partial charge in [-0.05, 0) is 37.9 Å². The van der Waals surface area contributed by atoms with Crippen LogP contribution in [0.25, 0.3) is 0 Å². The molecule has 3 rings (SSSR count). The number of carboxylic acid groups (broad SMARTS) is 1. The normalized spacial score (nSPS) is 19.7. The van der Waals surface area contributed by atoms with Crippen molar-refractivity contribution in [3.63, 3.8) is 0 Å². The van der Waals surface area contributed by atoms with Crippen molar-refractivity contribution in [1.82, 2.24) is 4.90 Å². The van der Waals surface area contributed by atoms with Crippen molar-refractivity contribution < 1.29 is 33.9 Å². The highest BCUT2D eigenvalue weighted by Crippen LogP contribution is 2.34. The second kappa shape index (κ2) is 7.91. The summed E-state index contributed by atoms with van der Waals surface area (Å²) in [5.74, 6) is -0.701. The minimum absolute atomic E-state index is 0.0556. The molecule has 2 aliphatic heterocycles. The molecule has 151 valence electrons. The van der Waals surface area contributed by atoms with Crippen molar-refractivity contribution in [3.8, 4) is 11.5 Å². The smallest absolute Gasteiger partial charge is 0.410 e. The molecule has 1 atom stereocenters. The fourth-order valence-corrected chi connectivity index (χ4v) is 3.31. The van der Waals surface area contributed by atoms with Gasteiger partial charge < -0.3 is 29.2 Å². The Kier molecular flexibility index (Phi) is 5.74. The van der Waals surface area contributed by atoms with Gasteiger partial charge in [-0.2, -0.15) is 0 Å². The number of aliphatic carboxylic acids is 1. The van der Waals surface area contributed by atoms with E-state index < -0.39 is 17.7 Å². The second-order valence-electron chi connectivity index (χ2n) is 8.04. The molecule has 1 amide bonds. The lowest BCUT2D eigenvalue weighted by atomic mass is 9.85.